The molecule has 0 aromatic heterocycles. The van der Waals surface area contributed by atoms with Crippen molar-refractivity contribution in [2.75, 3.05) is 0 Å². The van der Waals surface area contributed by atoms with Crippen molar-refractivity contribution >= 4 is 28.6 Å². The molecule has 0 amide bonds. The number of halogens is 1. The van der Waals surface area contributed by atoms with Crippen LogP contribution in [0.1, 0.15) is 27.0 Å². The molecule has 0 spiro atoms. The molecule has 3 heteroatoms. The summed E-state index contributed by atoms with van der Waals surface area (Å²) < 4.78 is 6.53. The number of esters is 1. The Morgan fingerprint density at radius 1 is 1.05 bits per heavy atom. The zero-order valence-electron chi connectivity index (χ0n) is 11.2. The van der Waals surface area contributed by atoms with Crippen LogP contribution in [0.15, 0.2) is 36.4 Å². The van der Waals surface area contributed by atoms with E-state index in [2.05, 4.69) is 22.6 Å². The number of hydrogen-bond acceptors (Lipinski definition) is 2. The lowest BCUT2D eigenvalue weighted by Gasteiger charge is -2.09. The van der Waals surface area contributed by atoms with Gasteiger partial charge in [0.2, 0.25) is 0 Å². The molecule has 2 aromatic rings. The Labute approximate surface area is 126 Å². The number of carbonyl (C=O) groups excluding carboxylic acids is 1. The Kier molecular flexibility index (Phi) is 4.24. The summed E-state index contributed by atoms with van der Waals surface area (Å²) in [5, 5.41) is 0. The molecule has 0 unspecified atom stereocenters. The largest absolute Gasteiger partial charge is 0.423 e. The molecule has 0 atom stereocenters. The molecule has 0 saturated carbocycles. The molecular weight excluding hydrogens is 351 g/mol. The Balaban J connectivity index is 2.26. The van der Waals surface area contributed by atoms with Gasteiger partial charge in [-0.15, -0.1) is 0 Å². The van der Waals surface area contributed by atoms with Crippen molar-refractivity contribution in [2.45, 2.75) is 20.8 Å². The van der Waals surface area contributed by atoms with E-state index < -0.39 is 0 Å². The molecule has 0 aliphatic heterocycles. The number of hydrogen-bond donors (Lipinski definition) is 0. The first kappa shape index (κ1) is 14.1. The molecule has 0 fully saturated rings. The smallest absolute Gasteiger partial charge is 0.343 e. The maximum Gasteiger partial charge on any atom is 0.343 e. The highest BCUT2D eigenvalue weighted by Gasteiger charge is 2.11. The van der Waals surface area contributed by atoms with Crippen molar-refractivity contribution in [3.05, 3.63) is 62.2 Å². The van der Waals surface area contributed by atoms with Crippen molar-refractivity contribution in [2.24, 2.45) is 0 Å². The van der Waals surface area contributed by atoms with Gasteiger partial charge in [0, 0.05) is 3.57 Å². The summed E-state index contributed by atoms with van der Waals surface area (Å²) in [4.78, 5) is 12.1. The summed E-state index contributed by atoms with van der Waals surface area (Å²) >= 11 is 2.22. The van der Waals surface area contributed by atoms with Gasteiger partial charge >= 0.3 is 5.97 Å². The second kappa shape index (κ2) is 5.74. The molecule has 2 aromatic carbocycles. The summed E-state index contributed by atoms with van der Waals surface area (Å²) in [6.07, 6.45) is 0. The molecule has 19 heavy (non-hydrogen) atoms. The molecule has 0 N–H and O–H groups in total. The summed E-state index contributed by atoms with van der Waals surface area (Å²) in [6, 6.07) is 11.3. The highest BCUT2D eigenvalue weighted by atomic mass is 127. The fourth-order valence-electron chi connectivity index (χ4n) is 1.71. The molecule has 0 saturated heterocycles. The van der Waals surface area contributed by atoms with Crippen LogP contribution in [0.4, 0.5) is 0 Å². The fourth-order valence-corrected chi connectivity index (χ4v) is 2.23. The molecule has 2 rings (SSSR count). The van der Waals surface area contributed by atoms with Crippen molar-refractivity contribution < 1.29 is 9.53 Å². The SMILES string of the molecule is Cc1ccc(C(=O)Oc2cccc(C)c2C)cc1I. The first-order chi connectivity index (χ1) is 8.99. The number of benzene rings is 2. The third kappa shape index (κ3) is 3.15. The van der Waals surface area contributed by atoms with Crippen molar-refractivity contribution in [1.82, 2.24) is 0 Å². The lowest BCUT2D eigenvalue weighted by Crippen LogP contribution is -2.10. The van der Waals surface area contributed by atoms with E-state index in [1.165, 1.54) is 0 Å². The molecule has 0 heterocycles. The van der Waals surface area contributed by atoms with Gasteiger partial charge in [-0.3, -0.25) is 0 Å². The molecule has 0 bridgehead atoms. The van der Waals surface area contributed by atoms with Gasteiger partial charge in [0.1, 0.15) is 5.75 Å². The summed E-state index contributed by atoms with van der Waals surface area (Å²) in [7, 11) is 0. The average molecular weight is 366 g/mol. The van der Waals surface area contributed by atoms with Gasteiger partial charge in [-0.2, -0.15) is 0 Å². The third-order valence-corrected chi connectivity index (χ3v) is 4.33. The zero-order valence-corrected chi connectivity index (χ0v) is 13.3. The molecule has 0 aliphatic rings. The highest BCUT2D eigenvalue weighted by Crippen LogP contribution is 2.22. The van der Waals surface area contributed by atoms with Crippen molar-refractivity contribution in [3.8, 4) is 5.75 Å². The van der Waals surface area contributed by atoms with E-state index in [9.17, 15) is 4.79 Å². The van der Waals surface area contributed by atoms with E-state index in [-0.39, 0.29) is 5.97 Å². The van der Waals surface area contributed by atoms with Gasteiger partial charge in [0.05, 0.1) is 5.56 Å². The van der Waals surface area contributed by atoms with E-state index in [1.807, 2.05) is 51.1 Å². The van der Waals surface area contributed by atoms with E-state index in [0.29, 0.717) is 11.3 Å². The lowest BCUT2D eigenvalue weighted by atomic mass is 10.1. The summed E-state index contributed by atoms with van der Waals surface area (Å²) in [5.41, 5.74) is 3.85. The van der Waals surface area contributed by atoms with Gasteiger partial charge in [-0.1, -0.05) is 18.2 Å². The number of carbonyl (C=O) groups is 1. The van der Waals surface area contributed by atoms with Gasteiger partial charge in [-0.05, 0) is 78.3 Å². The summed E-state index contributed by atoms with van der Waals surface area (Å²) in [5.74, 6) is 0.312. The average Bonchev–Trinajstić information content (AvgIpc) is 2.38. The minimum absolute atomic E-state index is 0.313. The normalized spacial score (nSPS) is 10.3. The minimum Gasteiger partial charge on any atom is -0.423 e. The standard InChI is InChI=1S/C16H15IO2/c1-10-5-4-6-15(12(10)3)19-16(18)13-8-7-11(2)14(17)9-13/h4-9H,1-3H3. The van der Waals surface area contributed by atoms with Crippen LogP contribution >= 0.6 is 22.6 Å². The molecule has 98 valence electrons. The fraction of sp³-hybridized carbons (Fsp3) is 0.188. The quantitative estimate of drug-likeness (QED) is 0.446. The Morgan fingerprint density at radius 2 is 1.79 bits per heavy atom. The van der Waals surface area contributed by atoms with Crippen LogP contribution in [0.5, 0.6) is 5.75 Å². The van der Waals surface area contributed by atoms with Gasteiger partial charge in [0.25, 0.3) is 0 Å². The van der Waals surface area contributed by atoms with Gasteiger partial charge < -0.3 is 4.74 Å². The molecular formula is C16H15IO2. The first-order valence-corrected chi connectivity index (χ1v) is 7.11. The summed E-state index contributed by atoms with van der Waals surface area (Å²) in [6.45, 7) is 5.97. The van der Waals surface area contributed by atoms with Gasteiger partial charge in [0.15, 0.2) is 0 Å². The van der Waals surface area contributed by atoms with Crippen LogP contribution in [0.25, 0.3) is 0 Å². The highest BCUT2D eigenvalue weighted by molar-refractivity contribution is 14.1. The van der Waals surface area contributed by atoms with E-state index in [4.69, 9.17) is 4.74 Å². The van der Waals surface area contributed by atoms with Crippen LogP contribution in [-0.4, -0.2) is 5.97 Å². The maximum atomic E-state index is 12.1. The second-order valence-electron chi connectivity index (χ2n) is 4.55. The molecule has 2 nitrogen and oxygen atoms in total. The Hall–Kier alpha value is -1.36. The van der Waals surface area contributed by atoms with Crippen molar-refractivity contribution in [3.63, 3.8) is 0 Å². The van der Waals surface area contributed by atoms with Crippen LogP contribution in [0, 0.1) is 24.3 Å². The maximum absolute atomic E-state index is 12.1. The first-order valence-electron chi connectivity index (χ1n) is 6.03. The predicted molar refractivity (Wildman–Crippen MR) is 84.8 cm³/mol. The number of aryl methyl sites for hydroxylation is 2. The van der Waals surface area contributed by atoms with E-state index in [0.717, 1.165) is 20.3 Å². The Morgan fingerprint density at radius 3 is 2.47 bits per heavy atom. The topological polar surface area (TPSA) is 26.3 Å². The minimum atomic E-state index is -0.313. The number of rotatable bonds is 2. The zero-order chi connectivity index (χ0) is 14.0. The van der Waals surface area contributed by atoms with Crippen LogP contribution < -0.4 is 4.74 Å². The molecule has 0 aliphatic carbocycles. The molecule has 0 radical (unpaired) electrons. The number of ether oxygens (including phenoxy) is 1. The van der Waals surface area contributed by atoms with Crippen LogP contribution in [-0.2, 0) is 0 Å². The van der Waals surface area contributed by atoms with E-state index >= 15 is 0 Å². The second-order valence-corrected chi connectivity index (χ2v) is 5.71. The van der Waals surface area contributed by atoms with E-state index in [1.54, 1.807) is 6.07 Å². The van der Waals surface area contributed by atoms with Crippen molar-refractivity contribution in [1.29, 1.82) is 0 Å². The third-order valence-electron chi connectivity index (χ3n) is 3.17. The van der Waals surface area contributed by atoms with Crippen LogP contribution in [0.3, 0.4) is 0 Å². The predicted octanol–water partition coefficient (Wildman–Crippen LogP) is 4.44. The lowest BCUT2D eigenvalue weighted by molar-refractivity contribution is 0.0733. The Bertz CT molecular complexity index is 633. The van der Waals surface area contributed by atoms with Crippen LogP contribution in [0.2, 0.25) is 0 Å². The van der Waals surface area contributed by atoms with Gasteiger partial charge in [-0.25, -0.2) is 4.79 Å². The monoisotopic (exact) mass is 366 g/mol.